The summed E-state index contributed by atoms with van der Waals surface area (Å²) in [5.74, 6) is 0. The Bertz CT molecular complexity index is 621. The molecule has 0 spiro atoms. The fraction of sp³-hybridized carbons (Fsp3) is 0.667. The lowest BCUT2D eigenvalue weighted by molar-refractivity contribution is 0.0891. The molecule has 1 N–H and O–H groups in total. The first-order valence-electron chi connectivity index (χ1n) is 9.01. The Morgan fingerprint density at radius 3 is 2.56 bits per heavy atom. The van der Waals surface area contributed by atoms with Crippen molar-refractivity contribution in [3.63, 3.8) is 0 Å². The van der Waals surface area contributed by atoms with Crippen LogP contribution in [0.15, 0.2) is 30.3 Å². The van der Waals surface area contributed by atoms with Gasteiger partial charge < -0.3 is 4.90 Å². The van der Waals surface area contributed by atoms with Gasteiger partial charge in [0, 0.05) is 51.9 Å². The van der Waals surface area contributed by atoms with Crippen LogP contribution in [0, 0.1) is 0 Å². The Labute approximate surface area is 153 Å². The molecule has 1 atom stereocenters. The van der Waals surface area contributed by atoms with Crippen LogP contribution >= 0.6 is 0 Å². The second kappa shape index (κ2) is 9.09. The van der Waals surface area contributed by atoms with Crippen molar-refractivity contribution >= 4 is 10.2 Å². The summed E-state index contributed by atoms with van der Waals surface area (Å²) in [5.41, 5.74) is 1.33. The van der Waals surface area contributed by atoms with Gasteiger partial charge in [-0.1, -0.05) is 30.3 Å². The number of hydrogen-bond acceptors (Lipinski definition) is 4. The third kappa shape index (κ3) is 5.76. The largest absolute Gasteiger partial charge is 0.303 e. The van der Waals surface area contributed by atoms with Gasteiger partial charge >= 0.3 is 0 Å². The molecule has 6 nitrogen and oxygen atoms in total. The molecule has 1 aliphatic rings. The first kappa shape index (κ1) is 20.3. The second-order valence-corrected chi connectivity index (χ2v) is 8.90. The fourth-order valence-corrected chi connectivity index (χ4v) is 4.24. The summed E-state index contributed by atoms with van der Waals surface area (Å²) in [6, 6.07) is 10.9. The maximum absolute atomic E-state index is 12.1. The quantitative estimate of drug-likeness (QED) is 0.707. The van der Waals surface area contributed by atoms with Crippen LogP contribution in [0.3, 0.4) is 0 Å². The number of piperazine rings is 1. The minimum Gasteiger partial charge on any atom is -0.303 e. The van der Waals surface area contributed by atoms with Crippen LogP contribution in [-0.4, -0.2) is 75.4 Å². The van der Waals surface area contributed by atoms with Crippen LogP contribution in [0.4, 0.5) is 0 Å². The number of nitrogens with one attached hydrogen (secondary N) is 1. The lowest BCUT2D eigenvalue weighted by Crippen LogP contribution is -2.47. The number of rotatable bonds is 8. The predicted octanol–water partition coefficient (Wildman–Crippen LogP) is 1.54. The average molecular weight is 369 g/mol. The van der Waals surface area contributed by atoms with Crippen molar-refractivity contribution in [1.29, 1.82) is 0 Å². The molecule has 0 radical (unpaired) electrons. The Kier molecular flexibility index (Phi) is 7.39. The van der Waals surface area contributed by atoms with E-state index in [4.69, 9.17) is 0 Å². The van der Waals surface area contributed by atoms with Gasteiger partial charge in [0.2, 0.25) is 0 Å². The van der Waals surface area contributed by atoms with Crippen LogP contribution in [0.5, 0.6) is 0 Å². The molecule has 1 aliphatic heterocycles. The number of hydrogen-bond donors (Lipinski definition) is 1. The van der Waals surface area contributed by atoms with Crippen LogP contribution in [0.25, 0.3) is 0 Å². The van der Waals surface area contributed by atoms with Gasteiger partial charge in [0.25, 0.3) is 10.2 Å². The first-order chi connectivity index (χ1) is 11.8. The number of likely N-dealkylation sites (N-methyl/N-ethyl adjacent to an activating group) is 1. The molecule has 0 saturated carbocycles. The smallest absolute Gasteiger partial charge is 0.279 e. The van der Waals surface area contributed by atoms with E-state index >= 15 is 0 Å². The summed E-state index contributed by atoms with van der Waals surface area (Å²) in [7, 11) is 0.386. The van der Waals surface area contributed by atoms with E-state index in [0.29, 0.717) is 12.6 Å². The van der Waals surface area contributed by atoms with E-state index in [-0.39, 0.29) is 6.04 Å². The van der Waals surface area contributed by atoms with Crippen LogP contribution < -0.4 is 4.72 Å². The number of nitrogens with zero attached hydrogens (tertiary/aromatic N) is 3. The van der Waals surface area contributed by atoms with Gasteiger partial charge in [-0.3, -0.25) is 4.90 Å². The SMILES string of the molecule is CC(C)N(C)S(=O)(=O)NCCCN1CCN(C)C[C@H]1c1ccccc1. The zero-order valence-electron chi connectivity index (χ0n) is 15.9. The van der Waals surface area contributed by atoms with Gasteiger partial charge in [-0.25, -0.2) is 4.72 Å². The zero-order valence-corrected chi connectivity index (χ0v) is 16.7. The van der Waals surface area contributed by atoms with Crippen molar-refractivity contribution in [2.24, 2.45) is 0 Å². The highest BCUT2D eigenvalue weighted by Gasteiger charge is 2.26. The topological polar surface area (TPSA) is 55.9 Å². The van der Waals surface area contributed by atoms with Gasteiger partial charge in [0.1, 0.15) is 0 Å². The van der Waals surface area contributed by atoms with E-state index in [0.717, 1.165) is 32.6 Å². The van der Waals surface area contributed by atoms with Crippen molar-refractivity contribution in [3.05, 3.63) is 35.9 Å². The lowest BCUT2D eigenvalue weighted by atomic mass is 10.0. The summed E-state index contributed by atoms with van der Waals surface area (Å²) < 4.78 is 28.4. The van der Waals surface area contributed by atoms with Crippen molar-refractivity contribution < 1.29 is 8.42 Å². The molecule has 0 bridgehead atoms. The molecular formula is C18H32N4O2S. The van der Waals surface area contributed by atoms with E-state index in [2.05, 4.69) is 45.8 Å². The van der Waals surface area contributed by atoms with E-state index < -0.39 is 10.2 Å². The van der Waals surface area contributed by atoms with Gasteiger partial charge in [0.15, 0.2) is 0 Å². The third-order valence-corrected chi connectivity index (χ3v) is 6.64. The van der Waals surface area contributed by atoms with E-state index in [1.165, 1.54) is 9.87 Å². The molecule has 0 unspecified atom stereocenters. The van der Waals surface area contributed by atoms with Crippen molar-refractivity contribution in [3.8, 4) is 0 Å². The Hall–Kier alpha value is -0.990. The molecule has 1 saturated heterocycles. The molecule has 7 heteroatoms. The molecular weight excluding hydrogens is 336 g/mol. The minimum absolute atomic E-state index is 0.0439. The summed E-state index contributed by atoms with van der Waals surface area (Å²) in [5, 5.41) is 0. The Balaban J connectivity index is 1.88. The maximum Gasteiger partial charge on any atom is 0.279 e. The summed E-state index contributed by atoms with van der Waals surface area (Å²) in [6.45, 7) is 8.15. The van der Waals surface area contributed by atoms with Crippen LogP contribution in [0.2, 0.25) is 0 Å². The van der Waals surface area contributed by atoms with E-state index in [9.17, 15) is 8.42 Å². The van der Waals surface area contributed by atoms with E-state index in [1.807, 2.05) is 19.9 Å². The van der Waals surface area contributed by atoms with Crippen molar-refractivity contribution in [2.75, 3.05) is 46.8 Å². The summed E-state index contributed by atoms with van der Waals surface area (Å²) in [4.78, 5) is 4.82. The molecule has 2 rings (SSSR count). The van der Waals surface area contributed by atoms with Crippen molar-refractivity contribution in [2.45, 2.75) is 32.4 Å². The Morgan fingerprint density at radius 1 is 1.24 bits per heavy atom. The van der Waals surface area contributed by atoms with Gasteiger partial charge in [0.05, 0.1) is 0 Å². The zero-order chi connectivity index (χ0) is 18.4. The molecule has 1 aromatic rings. The average Bonchev–Trinajstić information content (AvgIpc) is 2.59. The molecule has 0 aliphatic carbocycles. The summed E-state index contributed by atoms with van der Waals surface area (Å²) in [6.07, 6.45) is 0.804. The molecule has 0 aromatic heterocycles. The standard InChI is InChI=1S/C18H32N4O2S/c1-16(2)21(4)25(23,24)19-11-8-12-22-14-13-20(3)15-18(22)17-9-6-5-7-10-17/h5-7,9-10,16,18-19H,8,11-15H2,1-4H3/t18-/m0/s1. The van der Waals surface area contributed by atoms with Crippen LogP contribution in [-0.2, 0) is 10.2 Å². The first-order valence-corrected chi connectivity index (χ1v) is 10.5. The Morgan fingerprint density at radius 2 is 1.92 bits per heavy atom. The molecule has 1 aromatic carbocycles. The van der Waals surface area contributed by atoms with Crippen LogP contribution in [0.1, 0.15) is 31.9 Å². The van der Waals surface area contributed by atoms with Crippen molar-refractivity contribution in [1.82, 2.24) is 18.8 Å². The molecule has 0 amide bonds. The minimum atomic E-state index is -3.38. The molecule has 1 heterocycles. The van der Waals surface area contributed by atoms with E-state index in [1.54, 1.807) is 7.05 Å². The summed E-state index contributed by atoms with van der Waals surface area (Å²) >= 11 is 0. The highest BCUT2D eigenvalue weighted by molar-refractivity contribution is 7.87. The second-order valence-electron chi connectivity index (χ2n) is 7.09. The highest BCUT2D eigenvalue weighted by atomic mass is 32.2. The maximum atomic E-state index is 12.1. The normalized spacial score (nSPS) is 20.5. The monoisotopic (exact) mass is 368 g/mol. The number of benzene rings is 1. The van der Waals surface area contributed by atoms with Gasteiger partial charge in [-0.2, -0.15) is 12.7 Å². The lowest BCUT2D eigenvalue weighted by Gasteiger charge is -2.40. The molecule has 1 fully saturated rings. The highest BCUT2D eigenvalue weighted by Crippen LogP contribution is 2.24. The third-order valence-electron chi connectivity index (χ3n) is 4.89. The van der Waals surface area contributed by atoms with Gasteiger partial charge in [-0.05, 0) is 32.9 Å². The molecule has 25 heavy (non-hydrogen) atoms. The van der Waals surface area contributed by atoms with Gasteiger partial charge in [-0.15, -0.1) is 0 Å². The molecule has 142 valence electrons. The fourth-order valence-electron chi connectivity index (χ4n) is 3.08. The predicted molar refractivity (Wildman–Crippen MR) is 103 cm³/mol.